The highest BCUT2D eigenvalue weighted by Gasteiger charge is 1.98. The lowest BCUT2D eigenvalue weighted by Crippen LogP contribution is -1.87. The minimum Gasteiger partial charge on any atom is -0.352 e. The van der Waals surface area contributed by atoms with Crippen molar-refractivity contribution in [3.8, 4) is 0 Å². The quantitative estimate of drug-likeness (QED) is 0.442. The van der Waals surface area contributed by atoms with Gasteiger partial charge in [0.1, 0.15) is 18.5 Å². The maximum atomic E-state index is 5.34. The Labute approximate surface area is 40.8 Å². The zero-order valence-corrected chi connectivity index (χ0v) is 3.90. The van der Waals surface area contributed by atoms with Crippen LogP contribution in [0.4, 0.5) is 0 Å². The molecule has 1 rings (SSSR count). The molecule has 0 unspecified atom stereocenters. The zero-order chi connectivity index (χ0) is 4.41. The van der Waals surface area contributed by atoms with Gasteiger partial charge in [0.15, 0.2) is 0 Å². The molecular formula is C3H4ClNO. The van der Waals surface area contributed by atoms with E-state index in [4.69, 9.17) is 16.3 Å². The maximum absolute atomic E-state index is 5.34. The van der Waals surface area contributed by atoms with Crippen LogP contribution in [-0.2, 0) is 4.74 Å². The molecule has 0 aromatic rings. The highest BCUT2D eigenvalue weighted by Crippen LogP contribution is 1.95. The van der Waals surface area contributed by atoms with Gasteiger partial charge in [-0.15, -0.1) is 0 Å². The van der Waals surface area contributed by atoms with Crippen LogP contribution >= 0.6 is 11.6 Å². The van der Waals surface area contributed by atoms with Gasteiger partial charge in [-0.25, -0.2) is 4.99 Å². The van der Waals surface area contributed by atoms with E-state index in [1.54, 1.807) is 0 Å². The third-order valence-electron chi connectivity index (χ3n) is 0.549. The third kappa shape index (κ3) is 0.698. The molecule has 0 radical (unpaired) electrons. The van der Waals surface area contributed by atoms with Gasteiger partial charge >= 0.3 is 0 Å². The van der Waals surface area contributed by atoms with Crippen molar-refractivity contribution in [2.75, 3.05) is 13.3 Å². The van der Waals surface area contributed by atoms with Crippen molar-refractivity contribution in [3.63, 3.8) is 0 Å². The first kappa shape index (κ1) is 4.09. The fourth-order valence-electron chi connectivity index (χ4n) is 0.291. The van der Waals surface area contributed by atoms with Crippen molar-refractivity contribution in [1.29, 1.82) is 0 Å². The normalized spacial score (nSPS) is 21.2. The van der Waals surface area contributed by atoms with Gasteiger partial charge in [-0.3, -0.25) is 0 Å². The molecule has 6 heavy (non-hydrogen) atoms. The molecule has 1 aliphatic heterocycles. The van der Waals surface area contributed by atoms with E-state index in [2.05, 4.69) is 4.99 Å². The Morgan fingerprint density at radius 1 is 1.83 bits per heavy atom. The Hall–Kier alpha value is -0.0800. The van der Waals surface area contributed by atoms with E-state index in [1.807, 2.05) is 0 Å². The fraction of sp³-hybridized carbons (Fsp3) is 0.667. The average molecular weight is 106 g/mol. The van der Waals surface area contributed by atoms with Gasteiger partial charge in [-0.05, 0) is 0 Å². The molecule has 0 aromatic carbocycles. The fourth-order valence-corrected chi connectivity index (χ4v) is 0.417. The first-order valence-electron chi connectivity index (χ1n) is 1.66. The van der Waals surface area contributed by atoms with Crippen LogP contribution in [0.25, 0.3) is 0 Å². The van der Waals surface area contributed by atoms with Crippen molar-refractivity contribution in [3.05, 3.63) is 0 Å². The molecule has 34 valence electrons. The highest BCUT2D eigenvalue weighted by molar-refractivity contribution is 6.66. The van der Waals surface area contributed by atoms with E-state index in [9.17, 15) is 0 Å². The topological polar surface area (TPSA) is 21.6 Å². The van der Waals surface area contributed by atoms with Gasteiger partial charge in [0.2, 0.25) is 0 Å². The molecule has 3 heteroatoms. The van der Waals surface area contributed by atoms with E-state index in [1.165, 1.54) is 0 Å². The number of hydrogen-bond acceptors (Lipinski definition) is 2. The second-order valence-corrected chi connectivity index (χ2v) is 1.45. The number of aliphatic imine (C=N–C) groups is 1. The molecule has 0 amide bonds. The second-order valence-electron chi connectivity index (χ2n) is 1.01. The summed E-state index contributed by atoms with van der Waals surface area (Å²) in [6.45, 7) is 0.945. The van der Waals surface area contributed by atoms with Gasteiger partial charge in [-0.1, -0.05) is 11.6 Å². The standard InChI is InChI=1S/C3H4ClNO/c4-3-1-6-2-5-3/h1-2H2. The molecule has 0 spiro atoms. The largest absolute Gasteiger partial charge is 0.352 e. The lowest BCUT2D eigenvalue weighted by atomic mass is 10.8. The number of hydrogen-bond donors (Lipinski definition) is 0. The molecule has 0 saturated heterocycles. The van der Waals surface area contributed by atoms with E-state index in [-0.39, 0.29) is 0 Å². The third-order valence-corrected chi connectivity index (χ3v) is 0.777. The number of nitrogens with zero attached hydrogens (tertiary/aromatic N) is 1. The summed E-state index contributed by atoms with van der Waals surface area (Å²) in [6, 6.07) is 0. The molecule has 2 nitrogen and oxygen atoms in total. The number of halogens is 1. The predicted molar refractivity (Wildman–Crippen MR) is 24.1 cm³/mol. The van der Waals surface area contributed by atoms with Crippen molar-refractivity contribution in [1.82, 2.24) is 0 Å². The lowest BCUT2D eigenvalue weighted by molar-refractivity contribution is 0.203. The molecule has 1 aliphatic rings. The summed E-state index contributed by atoms with van der Waals surface area (Å²) in [7, 11) is 0. The summed E-state index contributed by atoms with van der Waals surface area (Å²) in [6.07, 6.45) is 0. The maximum Gasteiger partial charge on any atom is 0.139 e. The molecule has 1 heterocycles. The number of rotatable bonds is 0. The summed E-state index contributed by atoms with van der Waals surface area (Å²) in [5.74, 6) is 0. The summed E-state index contributed by atoms with van der Waals surface area (Å²) < 4.78 is 4.72. The van der Waals surface area contributed by atoms with Crippen molar-refractivity contribution in [2.45, 2.75) is 0 Å². The molecule has 0 saturated carbocycles. The average Bonchev–Trinajstić information content (AvgIpc) is 1.86. The first-order valence-corrected chi connectivity index (χ1v) is 2.04. The molecule has 0 aromatic heterocycles. The summed E-state index contributed by atoms with van der Waals surface area (Å²) >= 11 is 5.34. The van der Waals surface area contributed by atoms with Gasteiger partial charge in [0.05, 0.1) is 0 Å². The van der Waals surface area contributed by atoms with Crippen LogP contribution in [0.2, 0.25) is 0 Å². The SMILES string of the molecule is ClC1=NCOC1. The van der Waals surface area contributed by atoms with Crippen molar-refractivity contribution >= 4 is 16.8 Å². The Morgan fingerprint density at radius 2 is 2.67 bits per heavy atom. The minimum absolute atomic E-state index is 0.443. The van der Waals surface area contributed by atoms with E-state index in [0.717, 1.165) is 0 Å². The van der Waals surface area contributed by atoms with E-state index < -0.39 is 0 Å². The van der Waals surface area contributed by atoms with Crippen LogP contribution in [0.3, 0.4) is 0 Å². The summed E-state index contributed by atoms with van der Waals surface area (Å²) in [5, 5.41) is 0.579. The zero-order valence-electron chi connectivity index (χ0n) is 3.15. The predicted octanol–water partition coefficient (Wildman–Crippen LogP) is 0.611. The second kappa shape index (κ2) is 1.58. The monoisotopic (exact) mass is 105 g/mol. The number of ether oxygens (including phenoxy) is 1. The first-order chi connectivity index (χ1) is 2.89. The molecule has 0 aliphatic carbocycles. The molecule has 0 fully saturated rings. The minimum atomic E-state index is 0.443. The molecule has 0 N–H and O–H groups in total. The smallest absolute Gasteiger partial charge is 0.139 e. The Morgan fingerprint density at radius 3 is 2.83 bits per heavy atom. The molecule has 0 bridgehead atoms. The van der Waals surface area contributed by atoms with Gasteiger partial charge in [-0.2, -0.15) is 0 Å². The van der Waals surface area contributed by atoms with Crippen molar-refractivity contribution in [2.24, 2.45) is 4.99 Å². The molecule has 0 atom stereocenters. The van der Waals surface area contributed by atoms with Gasteiger partial charge < -0.3 is 4.74 Å². The summed E-state index contributed by atoms with van der Waals surface area (Å²) in [4.78, 5) is 3.70. The summed E-state index contributed by atoms with van der Waals surface area (Å²) in [5.41, 5.74) is 0. The van der Waals surface area contributed by atoms with Gasteiger partial charge in [0, 0.05) is 0 Å². The molecular weight excluding hydrogens is 101 g/mol. The Kier molecular flexibility index (Phi) is 1.08. The van der Waals surface area contributed by atoms with Gasteiger partial charge in [0.25, 0.3) is 0 Å². The van der Waals surface area contributed by atoms with Crippen LogP contribution in [-0.4, -0.2) is 18.5 Å². The van der Waals surface area contributed by atoms with E-state index in [0.29, 0.717) is 18.5 Å². The van der Waals surface area contributed by atoms with Crippen LogP contribution in [0.5, 0.6) is 0 Å². The van der Waals surface area contributed by atoms with Crippen LogP contribution in [0.15, 0.2) is 4.99 Å². The van der Waals surface area contributed by atoms with Crippen molar-refractivity contribution < 1.29 is 4.74 Å². The van der Waals surface area contributed by atoms with Crippen LogP contribution in [0.1, 0.15) is 0 Å². The Balaban J connectivity index is 2.45. The van der Waals surface area contributed by atoms with E-state index >= 15 is 0 Å². The van der Waals surface area contributed by atoms with Crippen LogP contribution < -0.4 is 0 Å². The Bertz CT molecular complexity index is 80.9. The van der Waals surface area contributed by atoms with Crippen LogP contribution in [0, 0.1) is 0 Å². The lowest BCUT2D eigenvalue weighted by Gasteiger charge is -1.77. The highest BCUT2D eigenvalue weighted by atomic mass is 35.5.